The quantitative estimate of drug-likeness (QED) is 0.686. The predicted molar refractivity (Wildman–Crippen MR) is 129 cm³/mol. The summed E-state index contributed by atoms with van der Waals surface area (Å²) in [6, 6.07) is 15.7. The molecule has 34 heavy (non-hydrogen) atoms. The van der Waals surface area contributed by atoms with Crippen LogP contribution in [0.5, 0.6) is 5.75 Å². The van der Waals surface area contributed by atoms with Crippen LogP contribution in [-0.4, -0.2) is 66.9 Å². The van der Waals surface area contributed by atoms with Gasteiger partial charge in [-0.25, -0.2) is 0 Å². The van der Waals surface area contributed by atoms with E-state index >= 15 is 0 Å². The van der Waals surface area contributed by atoms with Crippen LogP contribution in [0, 0.1) is 5.92 Å². The standard InChI is InChI=1S/C27H31N3O4/c31-25(28-12-4-5-13-28)18-30-23-17-22(8-9-24(23)34-19-26(30)32)27(33)29-14-10-21(11-15-29)16-20-6-2-1-3-7-20/h1-3,6-9,17,21H,4-5,10-16,18-19H2. The molecule has 5 rings (SSSR count). The Hall–Kier alpha value is -3.35. The maximum atomic E-state index is 13.3. The minimum absolute atomic E-state index is 0.0162. The summed E-state index contributed by atoms with van der Waals surface area (Å²) in [7, 11) is 0. The van der Waals surface area contributed by atoms with Crippen molar-refractivity contribution >= 4 is 23.4 Å². The Kier molecular flexibility index (Phi) is 6.52. The highest BCUT2D eigenvalue weighted by Crippen LogP contribution is 2.34. The Bertz CT molecular complexity index is 1060. The van der Waals surface area contributed by atoms with Gasteiger partial charge in [0.25, 0.3) is 11.8 Å². The van der Waals surface area contributed by atoms with Gasteiger partial charge >= 0.3 is 0 Å². The van der Waals surface area contributed by atoms with E-state index in [1.165, 1.54) is 10.5 Å². The van der Waals surface area contributed by atoms with Gasteiger partial charge in [0, 0.05) is 31.7 Å². The van der Waals surface area contributed by atoms with Gasteiger partial charge in [0.15, 0.2) is 6.61 Å². The van der Waals surface area contributed by atoms with Gasteiger partial charge in [0.05, 0.1) is 5.69 Å². The molecule has 0 spiro atoms. The van der Waals surface area contributed by atoms with Gasteiger partial charge in [-0.05, 0) is 61.8 Å². The van der Waals surface area contributed by atoms with Crippen molar-refractivity contribution in [1.82, 2.24) is 9.80 Å². The second-order valence-electron chi connectivity index (χ2n) is 9.46. The lowest BCUT2D eigenvalue weighted by molar-refractivity contribution is -0.131. The first-order valence-corrected chi connectivity index (χ1v) is 12.3. The topological polar surface area (TPSA) is 70.2 Å². The molecule has 178 valence electrons. The first-order valence-electron chi connectivity index (χ1n) is 12.3. The normalized spacial score (nSPS) is 18.6. The van der Waals surface area contributed by atoms with Crippen molar-refractivity contribution in [2.45, 2.75) is 32.1 Å². The molecule has 0 aromatic heterocycles. The van der Waals surface area contributed by atoms with Crippen molar-refractivity contribution < 1.29 is 19.1 Å². The zero-order chi connectivity index (χ0) is 23.5. The fraction of sp³-hybridized carbons (Fsp3) is 0.444. The molecule has 3 aliphatic heterocycles. The van der Waals surface area contributed by atoms with Crippen LogP contribution in [0.3, 0.4) is 0 Å². The number of anilines is 1. The van der Waals surface area contributed by atoms with Crippen LogP contribution in [0.1, 0.15) is 41.6 Å². The minimum Gasteiger partial charge on any atom is -0.482 e. The molecule has 3 heterocycles. The van der Waals surface area contributed by atoms with Gasteiger partial charge in [-0.2, -0.15) is 0 Å². The summed E-state index contributed by atoms with van der Waals surface area (Å²) in [5.41, 5.74) is 2.38. The smallest absolute Gasteiger partial charge is 0.265 e. The number of carbonyl (C=O) groups excluding carboxylic acids is 3. The summed E-state index contributed by atoms with van der Waals surface area (Å²) in [6.07, 6.45) is 4.99. The third kappa shape index (κ3) is 4.79. The number of benzene rings is 2. The fourth-order valence-corrected chi connectivity index (χ4v) is 5.18. The van der Waals surface area contributed by atoms with Crippen LogP contribution in [-0.2, 0) is 16.0 Å². The number of fused-ring (bicyclic) bond motifs is 1. The number of amides is 3. The van der Waals surface area contributed by atoms with E-state index in [0.29, 0.717) is 22.9 Å². The van der Waals surface area contributed by atoms with E-state index in [0.717, 1.165) is 58.3 Å². The van der Waals surface area contributed by atoms with E-state index in [1.807, 2.05) is 11.0 Å². The van der Waals surface area contributed by atoms with E-state index in [4.69, 9.17) is 4.74 Å². The first kappa shape index (κ1) is 22.4. The van der Waals surface area contributed by atoms with E-state index in [-0.39, 0.29) is 30.9 Å². The van der Waals surface area contributed by atoms with Gasteiger partial charge in [-0.3, -0.25) is 19.3 Å². The van der Waals surface area contributed by atoms with Crippen LogP contribution >= 0.6 is 0 Å². The Balaban J connectivity index is 1.26. The number of ether oxygens (including phenoxy) is 1. The molecule has 2 saturated heterocycles. The highest BCUT2D eigenvalue weighted by molar-refractivity contribution is 6.04. The molecule has 0 N–H and O–H groups in total. The van der Waals surface area contributed by atoms with Crippen molar-refractivity contribution in [2.75, 3.05) is 44.2 Å². The zero-order valence-electron chi connectivity index (χ0n) is 19.4. The van der Waals surface area contributed by atoms with Gasteiger partial charge in [0.2, 0.25) is 5.91 Å². The molecule has 0 saturated carbocycles. The van der Waals surface area contributed by atoms with Crippen LogP contribution in [0.4, 0.5) is 5.69 Å². The molecule has 0 radical (unpaired) electrons. The summed E-state index contributed by atoms with van der Waals surface area (Å²) in [5.74, 6) is 0.757. The SMILES string of the molecule is O=C(CN1C(=O)COc2ccc(C(=O)N3CCC(Cc4ccccc4)CC3)cc21)N1CCCC1. The lowest BCUT2D eigenvalue weighted by Crippen LogP contribution is -2.46. The van der Waals surface area contributed by atoms with E-state index in [1.54, 1.807) is 23.1 Å². The lowest BCUT2D eigenvalue weighted by atomic mass is 9.90. The molecule has 0 aliphatic carbocycles. The third-order valence-electron chi connectivity index (χ3n) is 7.17. The summed E-state index contributed by atoms with van der Waals surface area (Å²) in [4.78, 5) is 43.8. The van der Waals surface area contributed by atoms with Crippen molar-refractivity contribution in [3.63, 3.8) is 0 Å². The molecule has 2 aromatic rings. The number of rotatable bonds is 5. The molecule has 0 atom stereocenters. The molecule has 7 nitrogen and oxygen atoms in total. The summed E-state index contributed by atoms with van der Waals surface area (Å²) in [5, 5.41) is 0. The Labute approximate surface area is 200 Å². The number of nitrogens with zero attached hydrogens (tertiary/aromatic N) is 3. The zero-order valence-corrected chi connectivity index (χ0v) is 19.4. The molecule has 0 bridgehead atoms. The second kappa shape index (κ2) is 9.87. The van der Waals surface area contributed by atoms with Crippen LogP contribution in [0.15, 0.2) is 48.5 Å². The van der Waals surface area contributed by atoms with Gasteiger partial charge < -0.3 is 14.5 Å². The molecule has 2 aromatic carbocycles. The average molecular weight is 462 g/mol. The maximum absolute atomic E-state index is 13.3. The molecule has 2 fully saturated rings. The van der Waals surface area contributed by atoms with Crippen LogP contribution in [0.25, 0.3) is 0 Å². The van der Waals surface area contributed by atoms with Crippen molar-refractivity contribution in [3.8, 4) is 5.75 Å². The van der Waals surface area contributed by atoms with Gasteiger partial charge in [0.1, 0.15) is 12.3 Å². The fourth-order valence-electron chi connectivity index (χ4n) is 5.18. The largest absolute Gasteiger partial charge is 0.482 e. The molecular weight excluding hydrogens is 430 g/mol. The monoisotopic (exact) mass is 461 g/mol. The van der Waals surface area contributed by atoms with Crippen molar-refractivity contribution in [3.05, 3.63) is 59.7 Å². The van der Waals surface area contributed by atoms with Crippen LogP contribution in [0.2, 0.25) is 0 Å². The molecule has 7 heteroatoms. The molecule has 3 aliphatic rings. The first-order chi connectivity index (χ1) is 16.6. The molecular formula is C27H31N3O4. The Morgan fingerprint density at radius 1 is 0.912 bits per heavy atom. The van der Waals surface area contributed by atoms with E-state index < -0.39 is 0 Å². The van der Waals surface area contributed by atoms with Crippen molar-refractivity contribution in [2.24, 2.45) is 5.92 Å². The Morgan fingerprint density at radius 2 is 1.65 bits per heavy atom. The Morgan fingerprint density at radius 3 is 2.38 bits per heavy atom. The van der Waals surface area contributed by atoms with E-state index in [9.17, 15) is 14.4 Å². The second-order valence-corrected chi connectivity index (χ2v) is 9.46. The predicted octanol–water partition coefficient (Wildman–Crippen LogP) is 3.13. The third-order valence-corrected chi connectivity index (χ3v) is 7.17. The summed E-state index contributed by atoms with van der Waals surface area (Å²) < 4.78 is 5.58. The minimum atomic E-state index is -0.258. The summed E-state index contributed by atoms with van der Waals surface area (Å²) >= 11 is 0. The van der Waals surface area contributed by atoms with E-state index in [2.05, 4.69) is 24.3 Å². The molecule has 3 amide bonds. The number of hydrogen-bond donors (Lipinski definition) is 0. The van der Waals surface area contributed by atoms with Gasteiger partial charge in [-0.1, -0.05) is 30.3 Å². The highest BCUT2D eigenvalue weighted by atomic mass is 16.5. The lowest BCUT2D eigenvalue weighted by Gasteiger charge is -2.33. The van der Waals surface area contributed by atoms with Gasteiger partial charge in [-0.15, -0.1) is 0 Å². The maximum Gasteiger partial charge on any atom is 0.265 e. The van der Waals surface area contributed by atoms with Crippen molar-refractivity contribution in [1.29, 1.82) is 0 Å². The summed E-state index contributed by atoms with van der Waals surface area (Å²) in [6.45, 7) is 2.81. The number of carbonyl (C=O) groups is 3. The molecule has 0 unspecified atom stereocenters. The van der Waals surface area contributed by atoms with Crippen LogP contribution < -0.4 is 9.64 Å². The average Bonchev–Trinajstić information content (AvgIpc) is 3.41. The number of likely N-dealkylation sites (tertiary alicyclic amines) is 2. The number of hydrogen-bond acceptors (Lipinski definition) is 4. The number of piperidine rings is 1. The highest BCUT2D eigenvalue weighted by Gasteiger charge is 2.31.